The zero-order valence-electron chi connectivity index (χ0n) is 10.3. The smallest absolute Gasteiger partial charge is 0.336 e. The Hall–Kier alpha value is -1.85. The molecule has 0 fully saturated rings. The van der Waals surface area contributed by atoms with Gasteiger partial charge in [0.15, 0.2) is 0 Å². The maximum Gasteiger partial charge on any atom is 0.336 e. The Morgan fingerprint density at radius 3 is 2.84 bits per heavy atom. The topological polar surface area (TPSA) is 85.4 Å². The molecular weight excluding hydrogens is 268 g/mol. The predicted molar refractivity (Wildman–Crippen MR) is 73.0 cm³/mol. The number of nitrogens with two attached hydrogens (primary N) is 1. The van der Waals surface area contributed by atoms with Gasteiger partial charge in [-0.2, -0.15) is 0 Å². The Balaban J connectivity index is 2.85. The molecule has 3 N–H and O–H groups in total. The number of aromatic nitrogens is 1. The zero-order valence-corrected chi connectivity index (χ0v) is 11.1. The average Bonchev–Trinajstić information content (AvgIpc) is 2.39. The molecule has 19 heavy (non-hydrogen) atoms. The van der Waals surface area contributed by atoms with Crippen LogP contribution in [0.15, 0.2) is 18.2 Å². The van der Waals surface area contributed by atoms with Gasteiger partial charge in [0, 0.05) is 12.1 Å². The lowest BCUT2D eigenvalue weighted by Gasteiger charge is -2.11. The molecule has 0 radical (unpaired) electrons. The van der Waals surface area contributed by atoms with Crippen LogP contribution < -0.4 is 10.5 Å². The van der Waals surface area contributed by atoms with Crippen molar-refractivity contribution in [3.8, 4) is 5.75 Å². The van der Waals surface area contributed by atoms with Crippen molar-refractivity contribution in [3.05, 3.63) is 34.5 Å². The average molecular weight is 281 g/mol. The highest BCUT2D eigenvalue weighted by Gasteiger charge is 2.17. The number of hydrogen-bond acceptors (Lipinski definition) is 4. The van der Waals surface area contributed by atoms with Gasteiger partial charge >= 0.3 is 5.97 Å². The largest absolute Gasteiger partial charge is 0.496 e. The van der Waals surface area contributed by atoms with Gasteiger partial charge in [0.25, 0.3) is 0 Å². The summed E-state index contributed by atoms with van der Waals surface area (Å²) in [5.74, 6) is -0.616. The van der Waals surface area contributed by atoms with Crippen LogP contribution in [0.5, 0.6) is 5.75 Å². The minimum absolute atomic E-state index is 0.118. The molecule has 100 valence electrons. The lowest BCUT2D eigenvalue weighted by Crippen LogP contribution is -2.08. The maximum absolute atomic E-state index is 11.4. The SMILES string of the molecule is COc1ccc(Cl)c2nc(CCN)cc(C(=O)O)c12. The molecule has 2 rings (SSSR count). The summed E-state index contributed by atoms with van der Waals surface area (Å²) in [5, 5.41) is 10.1. The first kappa shape index (κ1) is 13.6. The number of carbonyl (C=O) groups is 1. The highest BCUT2D eigenvalue weighted by molar-refractivity contribution is 6.35. The standard InChI is InChI=1S/C13H13ClN2O3/c1-19-10-3-2-9(14)12-11(10)8(13(17)18)6-7(16-12)4-5-15/h2-3,6H,4-5,15H2,1H3,(H,17,18). The van der Waals surface area contributed by atoms with Gasteiger partial charge in [-0.05, 0) is 24.7 Å². The van der Waals surface area contributed by atoms with Crippen LogP contribution in [0.2, 0.25) is 5.02 Å². The van der Waals surface area contributed by atoms with Gasteiger partial charge in [-0.3, -0.25) is 4.98 Å². The van der Waals surface area contributed by atoms with E-state index in [1.165, 1.54) is 13.2 Å². The van der Waals surface area contributed by atoms with Gasteiger partial charge < -0.3 is 15.6 Å². The first-order chi connectivity index (χ1) is 9.08. The number of nitrogens with zero attached hydrogens (tertiary/aromatic N) is 1. The summed E-state index contributed by atoms with van der Waals surface area (Å²) in [6.45, 7) is 0.388. The quantitative estimate of drug-likeness (QED) is 0.896. The van der Waals surface area contributed by atoms with Gasteiger partial charge in [-0.25, -0.2) is 4.79 Å². The number of benzene rings is 1. The minimum Gasteiger partial charge on any atom is -0.496 e. The lowest BCUT2D eigenvalue weighted by molar-refractivity contribution is 0.0698. The Kier molecular flexibility index (Phi) is 3.87. The summed E-state index contributed by atoms with van der Waals surface area (Å²) in [7, 11) is 1.47. The van der Waals surface area contributed by atoms with Crippen molar-refractivity contribution in [3.63, 3.8) is 0 Å². The number of halogens is 1. The van der Waals surface area contributed by atoms with Crippen LogP contribution in [-0.2, 0) is 6.42 Å². The lowest BCUT2D eigenvalue weighted by atomic mass is 10.1. The number of hydrogen-bond donors (Lipinski definition) is 2. The normalized spacial score (nSPS) is 10.7. The van der Waals surface area contributed by atoms with Crippen molar-refractivity contribution in [1.29, 1.82) is 0 Å². The predicted octanol–water partition coefficient (Wildman–Crippen LogP) is 2.10. The van der Waals surface area contributed by atoms with Crippen molar-refractivity contribution >= 4 is 28.5 Å². The van der Waals surface area contributed by atoms with Crippen LogP contribution in [0.1, 0.15) is 16.1 Å². The second kappa shape index (κ2) is 5.42. The highest BCUT2D eigenvalue weighted by Crippen LogP contribution is 2.33. The third-order valence-corrected chi connectivity index (χ3v) is 3.08. The monoisotopic (exact) mass is 280 g/mol. The van der Waals surface area contributed by atoms with E-state index in [1.807, 2.05) is 0 Å². The van der Waals surface area contributed by atoms with Crippen LogP contribution in [0.4, 0.5) is 0 Å². The number of rotatable bonds is 4. The molecule has 0 aliphatic carbocycles. The van der Waals surface area contributed by atoms with Crippen molar-refractivity contribution in [2.24, 2.45) is 5.73 Å². The molecule has 0 aliphatic rings. The van der Waals surface area contributed by atoms with E-state index < -0.39 is 5.97 Å². The fourth-order valence-electron chi connectivity index (χ4n) is 1.95. The molecule has 0 atom stereocenters. The summed E-state index contributed by atoms with van der Waals surface area (Å²) >= 11 is 6.09. The maximum atomic E-state index is 11.4. The Morgan fingerprint density at radius 1 is 1.53 bits per heavy atom. The van der Waals surface area contributed by atoms with E-state index in [2.05, 4.69) is 4.98 Å². The molecule has 5 nitrogen and oxygen atoms in total. The highest BCUT2D eigenvalue weighted by atomic mass is 35.5. The minimum atomic E-state index is -1.05. The number of ether oxygens (including phenoxy) is 1. The van der Waals surface area contributed by atoms with E-state index in [1.54, 1.807) is 12.1 Å². The molecule has 1 aromatic heterocycles. The molecule has 0 saturated heterocycles. The zero-order chi connectivity index (χ0) is 14.0. The summed E-state index contributed by atoms with van der Waals surface area (Å²) in [4.78, 5) is 15.8. The van der Waals surface area contributed by atoms with Crippen LogP contribution >= 0.6 is 11.6 Å². The fraction of sp³-hybridized carbons (Fsp3) is 0.231. The van der Waals surface area contributed by atoms with Crippen molar-refractivity contribution in [1.82, 2.24) is 4.98 Å². The molecule has 0 spiro atoms. The van der Waals surface area contributed by atoms with Crippen molar-refractivity contribution in [2.75, 3.05) is 13.7 Å². The molecule has 0 aliphatic heterocycles. The third kappa shape index (κ3) is 2.47. The van der Waals surface area contributed by atoms with Gasteiger partial charge in [-0.1, -0.05) is 11.6 Å². The molecule has 2 aromatic rings. The van der Waals surface area contributed by atoms with E-state index in [0.717, 1.165) is 0 Å². The number of fused-ring (bicyclic) bond motifs is 1. The molecule has 0 amide bonds. The Morgan fingerprint density at radius 2 is 2.26 bits per heavy atom. The summed E-state index contributed by atoms with van der Waals surface area (Å²) in [5.41, 5.74) is 6.62. The van der Waals surface area contributed by atoms with Crippen molar-refractivity contribution < 1.29 is 14.6 Å². The Bertz CT molecular complexity index is 643. The molecule has 1 aromatic carbocycles. The van der Waals surface area contributed by atoms with E-state index in [4.69, 9.17) is 22.1 Å². The molecule has 0 unspecified atom stereocenters. The van der Waals surface area contributed by atoms with Gasteiger partial charge in [0.1, 0.15) is 5.75 Å². The first-order valence-electron chi connectivity index (χ1n) is 5.68. The molecule has 0 bridgehead atoms. The molecule has 6 heteroatoms. The third-order valence-electron chi connectivity index (χ3n) is 2.78. The van der Waals surface area contributed by atoms with Crippen LogP contribution in [0, 0.1) is 0 Å². The van der Waals surface area contributed by atoms with E-state index in [0.29, 0.717) is 40.3 Å². The molecule has 1 heterocycles. The van der Waals surface area contributed by atoms with Gasteiger partial charge in [0.2, 0.25) is 0 Å². The Labute approximate surface area is 115 Å². The van der Waals surface area contributed by atoms with E-state index >= 15 is 0 Å². The van der Waals surface area contributed by atoms with Crippen LogP contribution in [0.25, 0.3) is 10.9 Å². The van der Waals surface area contributed by atoms with Gasteiger partial charge in [0.05, 0.1) is 28.6 Å². The fourth-order valence-corrected chi connectivity index (χ4v) is 2.15. The molecule has 0 saturated carbocycles. The van der Waals surface area contributed by atoms with Crippen molar-refractivity contribution in [2.45, 2.75) is 6.42 Å². The van der Waals surface area contributed by atoms with E-state index in [9.17, 15) is 9.90 Å². The number of pyridine rings is 1. The number of carboxylic acids is 1. The number of aromatic carboxylic acids is 1. The first-order valence-corrected chi connectivity index (χ1v) is 6.05. The second-order valence-corrected chi connectivity index (χ2v) is 4.39. The summed E-state index contributed by atoms with van der Waals surface area (Å²) < 4.78 is 5.19. The van der Waals surface area contributed by atoms with Crippen LogP contribution in [-0.4, -0.2) is 29.7 Å². The summed E-state index contributed by atoms with van der Waals surface area (Å²) in [6, 6.07) is 4.77. The van der Waals surface area contributed by atoms with E-state index in [-0.39, 0.29) is 5.56 Å². The number of methoxy groups -OCH3 is 1. The van der Waals surface area contributed by atoms with Gasteiger partial charge in [-0.15, -0.1) is 0 Å². The number of carboxylic acid groups (broad SMARTS) is 1. The summed E-state index contributed by atoms with van der Waals surface area (Å²) in [6.07, 6.45) is 0.490. The van der Waals surface area contributed by atoms with Crippen LogP contribution in [0.3, 0.4) is 0 Å². The molecular formula is C13H13ClN2O3. The second-order valence-electron chi connectivity index (χ2n) is 3.98.